The van der Waals surface area contributed by atoms with Crippen LogP contribution in [0.3, 0.4) is 0 Å². The molecule has 1 N–H and O–H groups in total. The summed E-state index contributed by atoms with van der Waals surface area (Å²) >= 11 is 1.85. The molecule has 0 aromatic carbocycles. The Morgan fingerprint density at radius 2 is 2.33 bits per heavy atom. The first-order valence-corrected chi connectivity index (χ1v) is 8.04. The van der Waals surface area contributed by atoms with Gasteiger partial charge >= 0.3 is 0 Å². The van der Waals surface area contributed by atoms with E-state index >= 15 is 0 Å². The van der Waals surface area contributed by atoms with Crippen LogP contribution in [0.1, 0.15) is 49.6 Å². The number of ether oxygens (including phenoxy) is 1. The first-order valence-electron chi connectivity index (χ1n) is 7.16. The number of hydrogen-bond acceptors (Lipinski definition) is 3. The van der Waals surface area contributed by atoms with E-state index in [1.165, 1.54) is 23.3 Å². The molecule has 2 rings (SSSR count). The third kappa shape index (κ3) is 2.95. The van der Waals surface area contributed by atoms with Gasteiger partial charge in [0.1, 0.15) is 0 Å². The maximum Gasteiger partial charge on any atom is 0.0619 e. The molecule has 1 aliphatic heterocycles. The third-order valence-corrected chi connectivity index (χ3v) is 4.80. The largest absolute Gasteiger partial charge is 0.378 e. The highest BCUT2D eigenvalue weighted by atomic mass is 32.1. The van der Waals surface area contributed by atoms with Crippen LogP contribution in [0.5, 0.6) is 0 Å². The topological polar surface area (TPSA) is 21.3 Å². The van der Waals surface area contributed by atoms with Crippen LogP contribution in [0.4, 0.5) is 0 Å². The fourth-order valence-corrected chi connectivity index (χ4v) is 3.73. The second-order valence-electron chi connectivity index (χ2n) is 5.13. The van der Waals surface area contributed by atoms with E-state index < -0.39 is 0 Å². The van der Waals surface area contributed by atoms with Crippen LogP contribution in [0.25, 0.3) is 0 Å². The number of aryl methyl sites for hydroxylation is 1. The molecule has 1 aliphatic rings. The summed E-state index contributed by atoms with van der Waals surface area (Å²) < 4.78 is 5.88. The number of thiophene rings is 1. The SMILES string of the molecule is CCCNC(c1ccsc1C)C1CCOC1CC. The summed E-state index contributed by atoms with van der Waals surface area (Å²) in [7, 11) is 0. The first-order chi connectivity index (χ1) is 8.77. The molecule has 0 radical (unpaired) electrons. The summed E-state index contributed by atoms with van der Waals surface area (Å²) in [6.45, 7) is 8.72. The van der Waals surface area contributed by atoms with Crippen LogP contribution in [-0.4, -0.2) is 19.3 Å². The summed E-state index contributed by atoms with van der Waals surface area (Å²) in [4.78, 5) is 1.45. The second kappa shape index (κ2) is 6.69. The monoisotopic (exact) mass is 267 g/mol. The van der Waals surface area contributed by atoms with Gasteiger partial charge < -0.3 is 10.1 Å². The molecule has 0 aliphatic carbocycles. The maximum absolute atomic E-state index is 5.88. The lowest BCUT2D eigenvalue weighted by molar-refractivity contribution is 0.0774. The molecule has 2 heterocycles. The van der Waals surface area contributed by atoms with Gasteiger partial charge in [-0.1, -0.05) is 13.8 Å². The van der Waals surface area contributed by atoms with Crippen molar-refractivity contribution in [2.24, 2.45) is 5.92 Å². The van der Waals surface area contributed by atoms with E-state index in [4.69, 9.17) is 4.74 Å². The predicted octanol–water partition coefficient (Wildman–Crippen LogP) is 3.91. The Balaban J connectivity index is 2.17. The van der Waals surface area contributed by atoms with Gasteiger partial charge in [0, 0.05) is 23.4 Å². The highest BCUT2D eigenvalue weighted by Gasteiger charge is 2.34. The zero-order valence-corrected chi connectivity index (χ0v) is 12.6. The van der Waals surface area contributed by atoms with Crippen molar-refractivity contribution in [1.82, 2.24) is 5.32 Å². The van der Waals surface area contributed by atoms with Crippen molar-refractivity contribution in [1.29, 1.82) is 0 Å². The summed E-state index contributed by atoms with van der Waals surface area (Å²) in [6, 6.07) is 2.77. The summed E-state index contributed by atoms with van der Waals surface area (Å²) in [5.74, 6) is 0.634. The molecule has 1 fully saturated rings. The molecule has 1 aromatic rings. The summed E-state index contributed by atoms with van der Waals surface area (Å²) in [5.41, 5.74) is 1.49. The highest BCUT2D eigenvalue weighted by molar-refractivity contribution is 7.10. The van der Waals surface area contributed by atoms with Gasteiger partial charge in [0.25, 0.3) is 0 Å². The third-order valence-electron chi connectivity index (χ3n) is 3.94. The van der Waals surface area contributed by atoms with Crippen LogP contribution in [0.2, 0.25) is 0 Å². The van der Waals surface area contributed by atoms with Crippen LogP contribution < -0.4 is 5.32 Å². The molecule has 1 saturated heterocycles. The highest BCUT2D eigenvalue weighted by Crippen LogP contribution is 2.37. The molecule has 0 bridgehead atoms. The molecule has 3 heteroatoms. The fraction of sp³-hybridized carbons (Fsp3) is 0.733. The van der Waals surface area contributed by atoms with Crippen molar-refractivity contribution in [2.75, 3.05) is 13.2 Å². The lowest BCUT2D eigenvalue weighted by Crippen LogP contribution is -2.33. The average molecular weight is 267 g/mol. The van der Waals surface area contributed by atoms with Gasteiger partial charge in [-0.05, 0) is 49.7 Å². The van der Waals surface area contributed by atoms with Crippen molar-refractivity contribution in [2.45, 2.75) is 52.2 Å². The normalized spacial score (nSPS) is 25.5. The van der Waals surface area contributed by atoms with Crippen LogP contribution in [0, 0.1) is 12.8 Å². The standard InChI is InChI=1S/C15H25NOS/c1-4-8-16-15(12-7-10-18-11(12)3)13-6-9-17-14(13)5-2/h7,10,13-16H,4-6,8-9H2,1-3H3. The minimum absolute atomic E-state index is 0.429. The van der Waals surface area contributed by atoms with E-state index in [9.17, 15) is 0 Å². The second-order valence-corrected chi connectivity index (χ2v) is 6.25. The lowest BCUT2D eigenvalue weighted by Gasteiger charge is -2.28. The van der Waals surface area contributed by atoms with Crippen molar-refractivity contribution < 1.29 is 4.74 Å². The van der Waals surface area contributed by atoms with Gasteiger partial charge in [-0.25, -0.2) is 0 Å². The zero-order chi connectivity index (χ0) is 13.0. The Bertz CT molecular complexity index is 363. The number of nitrogens with one attached hydrogen (secondary N) is 1. The molecule has 102 valence electrons. The Hall–Kier alpha value is -0.380. The van der Waals surface area contributed by atoms with Crippen molar-refractivity contribution in [3.63, 3.8) is 0 Å². The predicted molar refractivity (Wildman–Crippen MR) is 78.2 cm³/mol. The molecule has 2 nitrogen and oxygen atoms in total. The van der Waals surface area contributed by atoms with E-state index in [0.29, 0.717) is 18.1 Å². The molecule has 3 atom stereocenters. The van der Waals surface area contributed by atoms with Gasteiger partial charge in [-0.15, -0.1) is 11.3 Å². The van der Waals surface area contributed by atoms with E-state index in [1.54, 1.807) is 0 Å². The van der Waals surface area contributed by atoms with Gasteiger partial charge in [-0.3, -0.25) is 0 Å². The molecule has 0 spiro atoms. The fourth-order valence-electron chi connectivity index (χ4n) is 2.98. The van der Waals surface area contributed by atoms with Crippen molar-refractivity contribution in [3.8, 4) is 0 Å². The van der Waals surface area contributed by atoms with E-state index in [-0.39, 0.29) is 0 Å². The minimum atomic E-state index is 0.429. The lowest BCUT2D eigenvalue weighted by atomic mass is 9.87. The quantitative estimate of drug-likeness (QED) is 0.843. The Labute approximate surface area is 115 Å². The average Bonchev–Trinajstić information content (AvgIpc) is 2.99. The minimum Gasteiger partial charge on any atom is -0.378 e. The molecule has 3 unspecified atom stereocenters. The Kier molecular flexibility index (Phi) is 5.22. The molecule has 0 amide bonds. The molecule has 1 aromatic heterocycles. The molecular weight excluding hydrogens is 242 g/mol. The van der Waals surface area contributed by atoms with Crippen LogP contribution in [0.15, 0.2) is 11.4 Å². The smallest absolute Gasteiger partial charge is 0.0619 e. The zero-order valence-electron chi connectivity index (χ0n) is 11.7. The van der Waals surface area contributed by atoms with Gasteiger partial charge in [0.15, 0.2) is 0 Å². The number of hydrogen-bond donors (Lipinski definition) is 1. The first kappa shape index (κ1) is 14.0. The number of rotatable bonds is 6. The van der Waals surface area contributed by atoms with E-state index in [0.717, 1.165) is 19.6 Å². The van der Waals surface area contributed by atoms with E-state index in [2.05, 4.69) is 37.5 Å². The van der Waals surface area contributed by atoms with Gasteiger partial charge in [0.2, 0.25) is 0 Å². The van der Waals surface area contributed by atoms with Crippen molar-refractivity contribution >= 4 is 11.3 Å². The van der Waals surface area contributed by atoms with Gasteiger partial charge in [0.05, 0.1) is 6.10 Å². The summed E-state index contributed by atoms with van der Waals surface area (Å²) in [6.07, 6.45) is 3.93. The molecule has 18 heavy (non-hydrogen) atoms. The van der Waals surface area contributed by atoms with Gasteiger partial charge in [-0.2, -0.15) is 0 Å². The van der Waals surface area contributed by atoms with Crippen LogP contribution >= 0.6 is 11.3 Å². The maximum atomic E-state index is 5.88. The van der Waals surface area contributed by atoms with E-state index in [1.807, 2.05) is 11.3 Å². The molecule has 0 saturated carbocycles. The Morgan fingerprint density at radius 3 is 2.94 bits per heavy atom. The summed E-state index contributed by atoms with van der Waals surface area (Å²) in [5, 5.41) is 5.96. The molecular formula is C15H25NOS. The van der Waals surface area contributed by atoms with Crippen molar-refractivity contribution in [3.05, 3.63) is 21.9 Å². The Morgan fingerprint density at radius 1 is 1.50 bits per heavy atom. The van der Waals surface area contributed by atoms with Crippen LogP contribution in [-0.2, 0) is 4.74 Å².